The summed E-state index contributed by atoms with van der Waals surface area (Å²) in [4.78, 5) is 14.4. The molecule has 1 aliphatic heterocycles. The van der Waals surface area contributed by atoms with Crippen LogP contribution in [0.2, 0.25) is 0 Å². The van der Waals surface area contributed by atoms with Crippen molar-refractivity contribution in [3.8, 4) is 0 Å². The van der Waals surface area contributed by atoms with E-state index in [0.29, 0.717) is 5.56 Å². The standard InChI is InChI=1S/C14H16Br3NO2/c15-3-6-20-13-1-4-18(5-2-13)14(19)10-7-11(16)9-12(17)8-10/h7-9,13H,1-6H2. The molecule has 0 atom stereocenters. The van der Waals surface area contributed by atoms with Crippen molar-refractivity contribution in [1.82, 2.24) is 4.90 Å². The van der Waals surface area contributed by atoms with Crippen molar-refractivity contribution in [3.05, 3.63) is 32.7 Å². The molecule has 1 amide bonds. The Balaban J connectivity index is 1.94. The smallest absolute Gasteiger partial charge is 0.253 e. The van der Waals surface area contributed by atoms with Gasteiger partial charge >= 0.3 is 0 Å². The Labute approximate surface area is 144 Å². The topological polar surface area (TPSA) is 29.5 Å². The number of hydrogen-bond acceptors (Lipinski definition) is 2. The number of piperidine rings is 1. The molecule has 1 heterocycles. The second-order valence-electron chi connectivity index (χ2n) is 4.71. The highest BCUT2D eigenvalue weighted by molar-refractivity contribution is 9.11. The maximum absolute atomic E-state index is 12.5. The van der Waals surface area contributed by atoms with Crippen molar-refractivity contribution in [3.63, 3.8) is 0 Å². The van der Waals surface area contributed by atoms with Crippen LogP contribution in [-0.4, -0.2) is 41.9 Å². The molecule has 0 aromatic heterocycles. The first kappa shape index (κ1) is 16.5. The van der Waals surface area contributed by atoms with Crippen LogP contribution in [0.5, 0.6) is 0 Å². The molecule has 0 spiro atoms. The molecule has 1 aromatic carbocycles. The summed E-state index contributed by atoms with van der Waals surface area (Å²) in [5.74, 6) is 0.0888. The van der Waals surface area contributed by atoms with E-state index in [2.05, 4.69) is 47.8 Å². The van der Waals surface area contributed by atoms with Crippen molar-refractivity contribution in [2.45, 2.75) is 18.9 Å². The Morgan fingerprint density at radius 1 is 1.20 bits per heavy atom. The Morgan fingerprint density at radius 2 is 1.80 bits per heavy atom. The average Bonchev–Trinajstić information content (AvgIpc) is 2.44. The SMILES string of the molecule is O=C(c1cc(Br)cc(Br)c1)N1CCC(OCCBr)CC1. The van der Waals surface area contributed by atoms with Gasteiger partial charge in [-0.3, -0.25) is 4.79 Å². The number of halogens is 3. The van der Waals surface area contributed by atoms with Crippen LogP contribution in [0.1, 0.15) is 23.2 Å². The quantitative estimate of drug-likeness (QED) is 0.618. The molecule has 1 fully saturated rings. The van der Waals surface area contributed by atoms with Crippen LogP contribution in [0.3, 0.4) is 0 Å². The second kappa shape index (κ2) is 7.92. The summed E-state index contributed by atoms with van der Waals surface area (Å²) < 4.78 is 7.52. The van der Waals surface area contributed by atoms with Gasteiger partial charge in [0.05, 0.1) is 12.7 Å². The number of hydrogen-bond donors (Lipinski definition) is 0. The van der Waals surface area contributed by atoms with E-state index < -0.39 is 0 Å². The van der Waals surface area contributed by atoms with Crippen molar-refractivity contribution in [2.75, 3.05) is 25.0 Å². The lowest BCUT2D eigenvalue weighted by atomic mass is 10.1. The highest BCUT2D eigenvalue weighted by atomic mass is 79.9. The number of ether oxygens (including phenoxy) is 1. The summed E-state index contributed by atoms with van der Waals surface area (Å²) in [6.07, 6.45) is 2.10. The Hall–Kier alpha value is 0.0900. The molecule has 1 aromatic rings. The zero-order valence-corrected chi connectivity index (χ0v) is 15.7. The highest BCUT2D eigenvalue weighted by Crippen LogP contribution is 2.23. The number of alkyl halides is 1. The minimum absolute atomic E-state index is 0.0888. The lowest BCUT2D eigenvalue weighted by Crippen LogP contribution is -2.41. The Morgan fingerprint density at radius 3 is 2.35 bits per heavy atom. The molecule has 0 saturated carbocycles. The van der Waals surface area contributed by atoms with E-state index in [9.17, 15) is 4.79 Å². The second-order valence-corrected chi connectivity index (χ2v) is 7.33. The molecule has 0 radical (unpaired) electrons. The molecule has 1 saturated heterocycles. The largest absolute Gasteiger partial charge is 0.377 e. The van der Waals surface area contributed by atoms with Crippen molar-refractivity contribution in [2.24, 2.45) is 0 Å². The number of nitrogens with zero attached hydrogens (tertiary/aromatic N) is 1. The van der Waals surface area contributed by atoms with Crippen LogP contribution < -0.4 is 0 Å². The number of amides is 1. The van der Waals surface area contributed by atoms with Gasteiger partial charge in [-0.2, -0.15) is 0 Å². The van der Waals surface area contributed by atoms with Crippen LogP contribution in [0.25, 0.3) is 0 Å². The van der Waals surface area contributed by atoms with Crippen LogP contribution in [0.4, 0.5) is 0 Å². The normalized spacial score (nSPS) is 16.4. The van der Waals surface area contributed by atoms with Crippen molar-refractivity contribution < 1.29 is 9.53 Å². The van der Waals surface area contributed by atoms with Gasteiger partial charge in [0.2, 0.25) is 0 Å². The first-order valence-electron chi connectivity index (χ1n) is 6.53. The summed E-state index contributed by atoms with van der Waals surface area (Å²) in [6, 6.07) is 5.65. The molecular formula is C14H16Br3NO2. The van der Waals surface area contributed by atoms with Gasteiger partial charge in [-0.1, -0.05) is 47.8 Å². The first-order valence-corrected chi connectivity index (χ1v) is 9.24. The summed E-state index contributed by atoms with van der Waals surface area (Å²) in [5.41, 5.74) is 0.714. The number of carbonyl (C=O) groups excluding carboxylic acids is 1. The van der Waals surface area contributed by atoms with E-state index in [4.69, 9.17) is 4.74 Å². The molecule has 110 valence electrons. The van der Waals surface area contributed by atoms with E-state index in [-0.39, 0.29) is 12.0 Å². The van der Waals surface area contributed by atoms with Crippen LogP contribution in [0, 0.1) is 0 Å². The van der Waals surface area contributed by atoms with Gasteiger partial charge < -0.3 is 9.64 Å². The number of rotatable bonds is 4. The molecule has 3 nitrogen and oxygen atoms in total. The fourth-order valence-corrected chi connectivity index (χ4v) is 3.78. The number of likely N-dealkylation sites (tertiary alicyclic amines) is 1. The third kappa shape index (κ3) is 4.55. The maximum atomic E-state index is 12.5. The maximum Gasteiger partial charge on any atom is 0.253 e. The van der Waals surface area contributed by atoms with Crippen molar-refractivity contribution >= 4 is 53.7 Å². The van der Waals surface area contributed by atoms with Gasteiger partial charge in [0.15, 0.2) is 0 Å². The van der Waals surface area contributed by atoms with E-state index in [1.54, 1.807) is 0 Å². The summed E-state index contributed by atoms with van der Waals surface area (Å²) in [7, 11) is 0. The highest BCUT2D eigenvalue weighted by Gasteiger charge is 2.24. The van der Waals surface area contributed by atoms with E-state index >= 15 is 0 Å². The molecule has 1 aliphatic rings. The summed E-state index contributed by atoms with van der Waals surface area (Å²) >= 11 is 10.2. The van der Waals surface area contributed by atoms with Crippen LogP contribution in [0.15, 0.2) is 27.1 Å². The number of benzene rings is 1. The third-order valence-electron chi connectivity index (χ3n) is 3.27. The third-order valence-corrected chi connectivity index (χ3v) is 4.51. The van der Waals surface area contributed by atoms with Gasteiger partial charge in [0, 0.05) is 32.9 Å². The Kier molecular flexibility index (Phi) is 6.52. The molecule has 0 N–H and O–H groups in total. The molecule has 6 heteroatoms. The fourth-order valence-electron chi connectivity index (χ4n) is 2.30. The van der Waals surface area contributed by atoms with Gasteiger partial charge in [-0.25, -0.2) is 0 Å². The summed E-state index contributed by atoms with van der Waals surface area (Å²) in [6.45, 7) is 2.25. The van der Waals surface area contributed by atoms with Gasteiger partial charge in [-0.15, -0.1) is 0 Å². The first-order chi connectivity index (χ1) is 9.60. The number of carbonyl (C=O) groups is 1. The lowest BCUT2D eigenvalue weighted by molar-refractivity contribution is 0.0160. The van der Waals surface area contributed by atoms with Gasteiger partial charge in [-0.05, 0) is 31.0 Å². The van der Waals surface area contributed by atoms with E-state index in [1.165, 1.54) is 0 Å². The predicted octanol–water partition coefficient (Wildman–Crippen LogP) is 4.23. The van der Waals surface area contributed by atoms with Crippen molar-refractivity contribution in [1.29, 1.82) is 0 Å². The van der Waals surface area contributed by atoms with Crippen LogP contribution in [-0.2, 0) is 4.74 Å². The molecule has 0 aliphatic carbocycles. The predicted molar refractivity (Wildman–Crippen MR) is 90.5 cm³/mol. The molecular weight excluding hydrogens is 454 g/mol. The molecule has 0 unspecified atom stereocenters. The minimum atomic E-state index is 0.0888. The Bertz CT molecular complexity index is 453. The van der Waals surface area contributed by atoms with Crippen LogP contribution >= 0.6 is 47.8 Å². The van der Waals surface area contributed by atoms with Gasteiger partial charge in [0.25, 0.3) is 5.91 Å². The lowest BCUT2D eigenvalue weighted by Gasteiger charge is -2.32. The average molecular weight is 470 g/mol. The zero-order chi connectivity index (χ0) is 14.5. The molecule has 20 heavy (non-hydrogen) atoms. The monoisotopic (exact) mass is 467 g/mol. The molecule has 0 bridgehead atoms. The van der Waals surface area contributed by atoms with E-state index in [1.807, 2.05) is 23.1 Å². The zero-order valence-electron chi connectivity index (χ0n) is 10.9. The summed E-state index contributed by atoms with van der Waals surface area (Å²) in [5, 5.41) is 0.859. The fraction of sp³-hybridized carbons (Fsp3) is 0.500. The van der Waals surface area contributed by atoms with E-state index in [0.717, 1.165) is 46.8 Å². The molecule has 2 rings (SSSR count). The van der Waals surface area contributed by atoms with Gasteiger partial charge in [0.1, 0.15) is 0 Å². The minimum Gasteiger partial charge on any atom is -0.377 e.